The molecule has 1 amide bonds. The van der Waals surface area contributed by atoms with Crippen LogP contribution in [0.15, 0.2) is 41.8 Å². The Balaban J connectivity index is 1.45. The molecule has 0 spiro atoms. The number of hydrogen-bond acceptors (Lipinski definition) is 6. The molecule has 0 bridgehead atoms. The number of likely N-dealkylation sites (N-methyl/N-ethyl adjacent to an activating group) is 1. The number of para-hydroxylation sites is 1. The third-order valence-corrected chi connectivity index (χ3v) is 6.60. The number of carbonyl (C=O) groups excluding carboxylic acids is 1. The van der Waals surface area contributed by atoms with Gasteiger partial charge in [-0.25, -0.2) is 15.0 Å². The summed E-state index contributed by atoms with van der Waals surface area (Å²) in [7, 11) is 1.77. The minimum absolute atomic E-state index is 0.0181. The topological polar surface area (TPSA) is 59.0 Å². The first-order valence-corrected chi connectivity index (χ1v) is 10.7. The van der Waals surface area contributed by atoms with Crippen molar-refractivity contribution in [2.75, 3.05) is 7.05 Å². The molecule has 0 aliphatic heterocycles. The Labute approximate surface area is 175 Å². The van der Waals surface area contributed by atoms with E-state index in [1.165, 1.54) is 22.7 Å². The smallest absolute Gasteiger partial charge is 0.228 e. The van der Waals surface area contributed by atoms with E-state index in [0.717, 1.165) is 36.5 Å². The first-order valence-electron chi connectivity index (χ1n) is 8.66. The number of rotatable bonds is 5. The van der Waals surface area contributed by atoms with E-state index >= 15 is 0 Å². The van der Waals surface area contributed by atoms with Gasteiger partial charge in [0.15, 0.2) is 0 Å². The molecule has 0 aliphatic carbocycles. The van der Waals surface area contributed by atoms with Crippen LogP contribution in [0.25, 0.3) is 20.8 Å². The van der Waals surface area contributed by atoms with Gasteiger partial charge in [-0.2, -0.15) is 0 Å². The summed E-state index contributed by atoms with van der Waals surface area (Å²) >= 11 is 9.00. The number of amides is 1. The molecule has 3 aromatic heterocycles. The zero-order valence-electron chi connectivity index (χ0n) is 15.3. The predicted molar refractivity (Wildman–Crippen MR) is 115 cm³/mol. The quantitative estimate of drug-likeness (QED) is 0.450. The van der Waals surface area contributed by atoms with Crippen LogP contribution in [0, 0.1) is 6.92 Å². The highest BCUT2D eigenvalue weighted by atomic mass is 35.5. The van der Waals surface area contributed by atoms with Crippen LogP contribution in [-0.2, 0) is 17.8 Å². The van der Waals surface area contributed by atoms with Gasteiger partial charge in [0, 0.05) is 23.5 Å². The number of fused-ring (bicyclic) bond motifs is 1. The number of carbonyl (C=O) groups is 1. The van der Waals surface area contributed by atoms with Crippen molar-refractivity contribution in [3.63, 3.8) is 0 Å². The Morgan fingerprint density at radius 1 is 1.14 bits per heavy atom. The molecule has 0 radical (unpaired) electrons. The molecule has 5 nitrogen and oxygen atoms in total. The lowest BCUT2D eigenvalue weighted by Gasteiger charge is -2.16. The number of aryl methyl sites for hydroxylation is 1. The standard InChI is InChI=1S/C20H17ClN4OS2/c1-12-14-5-3-4-6-15(14)24-18(22-12)10-25(2)19(26)9-13-11-27-20(23-13)16-7-8-17(21)28-16/h3-8,11H,9-10H2,1-2H3. The van der Waals surface area contributed by atoms with Gasteiger partial charge in [0.2, 0.25) is 5.91 Å². The van der Waals surface area contributed by atoms with E-state index in [0.29, 0.717) is 12.4 Å². The molecule has 0 aliphatic rings. The van der Waals surface area contributed by atoms with Crippen LogP contribution in [0.1, 0.15) is 17.2 Å². The van der Waals surface area contributed by atoms with E-state index in [9.17, 15) is 4.79 Å². The van der Waals surface area contributed by atoms with Crippen molar-refractivity contribution in [1.29, 1.82) is 0 Å². The minimum Gasteiger partial charge on any atom is -0.338 e. The average Bonchev–Trinajstić information content (AvgIpc) is 3.30. The van der Waals surface area contributed by atoms with E-state index in [4.69, 9.17) is 11.6 Å². The third-order valence-electron chi connectivity index (χ3n) is 4.31. The summed E-state index contributed by atoms with van der Waals surface area (Å²) in [5.41, 5.74) is 2.57. The average molecular weight is 429 g/mol. The maximum atomic E-state index is 12.6. The van der Waals surface area contributed by atoms with Gasteiger partial charge >= 0.3 is 0 Å². The summed E-state index contributed by atoms with van der Waals surface area (Å²) in [6.07, 6.45) is 0.249. The third kappa shape index (κ3) is 4.06. The van der Waals surface area contributed by atoms with Gasteiger partial charge in [-0.1, -0.05) is 29.8 Å². The van der Waals surface area contributed by atoms with Gasteiger partial charge in [-0.05, 0) is 25.1 Å². The van der Waals surface area contributed by atoms with E-state index in [1.807, 2.05) is 48.7 Å². The van der Waals surface area contributed by atoms with Crippen LogP contribution >= 0.6 is 34.3 Å². The van der Waals surface area contributed by atoms with Crippen molar-refractivity contribution in [2.45, 2.75) is 19.9 Å². The lowest BCUT2D eigenvalue weighted by atomic mass is 10.2. The first kappa shape index (κ1) is 19.0. The fraction of sp³-hybridized carbons (Fsp3) is 0.200. The van der Waals surface area contributed by atoms with Crippen molar-refractivity contribution in [3.05, 3.63) is 63.3 Å². The minimum atomic E-state index is -0.0181. The lowest BCUT2D eigenvalue weighted by Crippen LogP contribution is -2.28. The van der Waals surface area contributed by atoms with E-state index in [2.05, 4.69) is 15.0 Å². The van der Waals surface area contributed by atoms with Gasteiger partial charge < -0.3 is 4.90 Å². The van der Waals surface area contributed by atoms with Crippen LogP contribution in [-0.4, -0.2) is 32.8 Å². The number of thiophene rings is 1. The molecule has 3 heterocycles. The molecule has 142 valence electrons. The zero-order valence-corrected chi connectivity index (χ0v) is 17.7. The second-order valence-corrected chi connectivity index (χ2v) is 8.99. The Morgan fingerprint density at radius 3 is 2.75 bits per heavy atom. The predicted octanol–water partition coefficient (Wildman–Crippen LogP) is 4.98. The SMILES string of the molecule is Cc1nc(CN(C)C(=O)Cc2csc(-c3ccc(Cl)s3)n2)nc2ccccc12. The normalized spacial score (nSPS) is 11.1. The zero-order chi connectivity index (χ0) is 19.7. The molecule has 1 aromatic carbocycles. The van der Waals surface area contributed by atoms with Crippen molar-refractivity contribution in [2.24, 2.45) is 0 Å². The fourth-order valence-electron chi connectivity index (χ4n) is 2.89. The molecular weight excluding hydrogens is 412 g/mol. The highest BCUT2D eigenvalue weighted by Gasteiger charge is 2.15. The number of benzene rings is 1. The highest BCUT2D eigenvalue weighted by Crippen LogP contribution is 2.33. The molecule has 0 atom stereocenters. The molecule has 0 unspecified atom stereocenters. The Bertz CT molecular complexity index is 1150. The summed E-state index contributed by atoms with van der Waals surface area (Å²) < 4.78 is 0.730. The molecule has 0 saturated carbocycles. The number of halogens is 1. The summed E-state index contributed by atoms with van der Waals surface area (Å²) in [5, 5.41) is 3.84. The molecule has 0 N–H and O–H groups in total. The van der Waals surface area contributed by atoms with Crippen LogP contribution in [0.4, 0.5) is 0 Å². The van der Waals surface area contributed by atoms with Crippen molar-refractivity contribution >= 4 is 51.1 Å². The van der Waals surface area contributed by atoms with Crippen molar-refractivity contribution < 1.29 is 4.79 Å². The van der Waals surface area contributed by atoms with Gasteiger partial charge in [0.05, 0.1) is 33.4 Å². The number of nitrogens with zero attached hydrogens (tertiary/aromatic N) is 4. The van der Waals surface area contributed by atoms with E-state index in [-0.39, 0.29) is 12.3 Å². The van der Waals surface area contributed by atoms with Crippen LogP contribution in [0.3, 0.4) is 0 Å². The second-order valence-electron chi connectivity index (χ2n) is 6.42. The monoisotopic (exact) mass is 428 g/mol. The summed E-state index contributed by atoms with van der Waals surface area (Å²) in [5.74, 6) is 0.620. The maximum Gasteiger partial charge on any atom is 0.228 e. The molecule has 0 fully saturated rings. The summed E-state index contributed by atoms with van der Waals surface area (Å²) in [6, 6.07) is 11.7. The number of hydrogen-bond donors (Lipinski definition) is 0. The van der Waals surface area contributed by atoms with E-state index < -0.39 is 0 Å². The molecule has 4 aromatic rings. The van der Waals surface area contributed by atoms with Crippen LogP contribution < -0.4 is 0 Å². The van der Waals surface area contributed by atoms with Gasteiger partial charge in [-0.15, -0.1) is 22.7 Å². The van der Waals surface area contributed by atoms with Crippen molar-refractivity contribution in [1.82, 2.24) is 19.9 Å². The summed E-state index contributed by atoms with van der Waals surface area (Å²) in [6.45, 7) is 2.32. The number of aromatic nitrogens is 3. The molecule has 8 heteroatoms. The molecule has 0 saturated heterocycles. The largest absolute Gasteiger partial charge is 0.338 e. The maximum absolute atomic E-state index is 12.6. The first-order chi connectivity index (χ1) is 13.5. The molecular formula is C20H17ClN4OS2. The highest BCUT2D eigenvalue weighted by molar-refractivity contribution is 7.23. The van der Waals surface area contributed by atoms with Crippen LogP contribution in [0.2, 0.25) is 4.34 Å². The lowest BCUT2D eigenvalue weighted by molar-refractivity contribution is -0.129. The molecule has 4 rings (SSSR count). The number of thiazole rings is 1. The Hall–Kier alpha value is -2.35. The van der Waals surface area contributed by atoms with Gasteiger partial charge in [0.25, 0.3) is 0 Å². The fourth-order valence-corrected chi connectivity index (χ4v) is 4.82. The van der Waals surface area contributed by atoms with Crippen LogP contribution in [0.5, 0.6) is 0 Å². The Morgan fingerprint density at radius 2 is 1.96 bits per heavy atom. The van der Waals surface area contributed by atoms with E-state index in [1.54, 1.807) is 11.9 Å². The van der Waals surface area contributed by atoms with Gasteiger partial charge in [0.1, 0.15) is 10.8 Å². The Kier molecular flexibility index (Phi) is 5.39. The molecule has 28 heavy (non-hydrogen) atoms. The van der Waals surface area contributed by atoms with Crippen molar-refractivity contribution in [3.8, 4) is 9.88 Å². The summed E-state index contributed by atoms with van der Waals surface area (Å²) in [4.78, 5) is 29.0. The van der Waals surface area contributed by atoms with Gasteiger partial charge in [-0.3, -0.25) is 4.79 Å². The second kappa shape index (κ2) is 7.95.